The lowest BCUT2D eigenvalue weighted by Crippen LogP contribution is -2.42. The molecule has 0 aliphatic carbocycles. The number of benzene rings is 1. The first-order valence-corrected chi connectivity index (χ1v) is 6.81. The van der Waals surface area contributed by atoms with E-state index >= 15 is 0 Å². The van der Waals surface area contributed by atoms with Gasteiger partial charge in [-0.05, 0) is 56.5 Å². The van der Waals surface area contributed by atoms with Crippen molar-refractivity contribution >= 4 is 11.6 Å². The summed E-state index contributed by atoms with van der Waals surface area (Å²) < 4.78 is 19.0. The van der Waals surface area contributed by atoms with Gasteiger partial charge in [-0.3, -0.25) is 0 Å². The fraction of sp³-hybridized carbons (Fsp3) is 0.571. The van der Waals surface area contributed by atoms with Crippen LogP contribution in [0.15, 0.2) is 18.2 Å². The molecule has 100 valence electrons. The molecule has 1 heterocycles. The molecule has 1 N–H and O–H groups in total. The number of likely N-dealkylation sites (N-methyl/N-ethyl adjacent to an activating group) is 1. The Morgan fingerprint density at radius 1 is 1.50 bits per heavy atom. The molecule has 0 bridgehead atoms. The number of hydrogen-bond acceptors (Lipinski definition) is 2. The zero-order chi connectivity index (χ0) is 13.0. The summed E-state index contributed by atoms with van der Waals surface area (Å²) in [5.74, 6) is -0.242. The van der Waals surface area contributed by atoms with E-state index in [1.54, 1.807) is 6.07 Å². The molecule has 1 saturated heterocycles. The van der Waals surface area contributed by atoms with E-state index in [1.807, 2.05) is 7.05 Å². The zero-order valence-corrected chi connectivity index (χ0v) is 11.3. The molecule has 2 nitrogen and oxygen atoms in total. The molecule has 2 atom stereocenters. The molecule has 0 spiro atoms. The minimum Gasteiger partial charge on any atom is -0.377 e. The predicted octanol–water partition coefficient (Wildman–Crippen LogP) is 3.18. The van der Waals surface area contributed by atoms with Crippen LogP contribution in [0.25, 0.3) is 0 Å². The largest absolute Gasteiger partial charge is 0.377 e. The summed E-state index contributed by atoms with van der Waals surface area (Å²) in [6.07, 6.45) is 4.27. The van der Waals surface area contributed by atoms with Gasteiger partial charge in [0.25, 0.3) is 0 Å². The Morgan fingerprint density at radius 2 is 2.33 bits per heavy atom. The van der Waals surface area contributed by atoms with E-state index in [4.69, 9.17) is 16.3 Å². The van der Waals surface area contributed by atoms with Gasteiger partial charge in [0, 0.05) is 17.7 Å². The van der Waals surface area contributed by atoms with E-state index in [2.05, 4.69) is 5.32 Å². The van der Waals surface area contributed by atoms with Crippen LogP contribution in [-0.2, 0) is 11.2 Å². The van der Waals surface area contributed by atoms with E-state index in [1.165, 1.54) is 18.6 Å². The number of rotatable bonds is 4. The molecule has 0 radical (unpaired) electrons. The van der Waals surface area contributed by atoms with Crippen molar-refractivity contribution in [2.75, 3.05) is 13.7 Å². The summed E-state index contributed by atoms with van der Waals surface area (Å²) in [5.41, 5.74) is 0.838. The Labute approximate surface area is 112 Å². The number of ether oxygens (including phenoxy) is 1. The van der Waals surface area contributed by atoms with Crippen molar-refractivity contribution < 1.29 is 9.13 Å². The van der Waals surface area contributed by atoms with Gasteiger partial charge in [0.2, 0.25) is 0 Å². The van der Waals surface area contributed by atoms with Gasteiger partial charge in [0.15, 0.2) is 0 Å². The van der Waals surface area contributed by atoms with Crippen molar-refractivity contribution in [3.8, 4) is 0 Å². The fourth-order valence-corrected chi connectivity index (χ4v) is 2.63. The van der Waals surface area contributed by atoms with Crippen molar-refractivity contribution in [2.45, 2.75) is 37.8 Å². The fourth-order valence-electron chi connectivity index (χ4n) is 2.44. The van der Waals surface area contributed by atoms with Crippen LogP contribution in [0.2, 0.25) is 5.02 Å². The molecule has 0 aromatic heterocycles. The van der Waals surface area contributed by atoms with Crippen LogP contribution in [0.5, 0.6) is 0 Å². The first-order chi connectivity index (χ1) is 8.70. The smallest absolute Gasteiger partial charge is 0.123 e. The first kappa shape index (κ1) is 13.8. The van der Waals surface area contributed by atoms with Gasteiger partial charge >= 0.3 is 0 Å². The molecule has 4 heteroatoms. The van der Waals surface area contributed by atoms with Crippen LogP contribution >= 0.6 is 11.6 Å². The Balaban J connectivity index is 2.06. The summed E-state index contributed by atoms with van der Waals surface area (Å²) in [6.45, 7) is 0.819. The highest BCUT2D eigenvalue weighted by Crippen LogP contribution is 2.23. The van der Waals surface area contributed by atoms with Gasteiger partial charge in [-0.2, -0.15) is 0 Å². The van der Waals surface area contributed by atoms with Gasteiger partial charge in [-0.15, -0.1) is 0 Å². The van der Waals surface area contributed by atoms with E-state index in [0.29, 0.717) is 11.4 Å². The van der Waals surface area contributed by atoms with Gasteiger partial charge in [-0.25, -0.2) is 4.39 Å². The van der Waals surface area contributed by atoms with Crippen LogP contribution in [0.3, 0.4) is 0 Å². The lowest BCUT2D eigenvalue weighted by molar-refractivity contribution is -0.00588. The molecule has 1 aromatic carbocycles. The third-order valence-electron chi connectivity index (χ3n) is 3.48. The number of halogens is 2. The molecule has 1 fully saturated rings. The normalized spacial score (nSPS) is 21.8. The van der Waals surface area contributed by atoms with Gasteiger partial charge in [0.1, 0.15) is 5.82 Å². The molecular weight excluding hydrogens is 253 g/mol. The van der Waals surface area contributed by atoms with Crippen molar-refractivity contribution in [3.63, 3.8) is 0 Å². The number of hydrogen-bond donors (Lipinski definition) is 1. The molecule has 1 aliphatic heterocycles. The Kier molecular flexibility index (Phi) is 4.98. The molecule has 2 unspecified atom stereocenters. The van der Waals surface area contributed by atoms with E-state index in [0.717, 1.165) is 25.0 Å². The molecule has 18 heavy (non-hydrogen) atoms. The second-order valence-corrected chi connectivity index (χ2v) is 5.15. The third kappa shape index (κ3) is 3.44. The average molecular weight is 272 g/mol. The number of nitrogens with one attached hydrogen (secondary N) is 1. The highest BCUT2D eigenvalue weighted by atomic mass is 35.5. The van der Waals surface area contributed by atoms with E-state index in [-0.39, 0.29) is 18.0 Å². The second-order valence-electron chi connectivity index (χ2n) is 4.74. The Morgan fingerprint density at radius 3 is 3.00 bits per heavy atom. The predicted molar refractivity (Wildman–Crippen MR) is 71.6 cm³/mol. The van der Waals surface area contributed by atoms with Crippen LogP contribution < -0.4 is 5.32 Å². The summed E-state index contributed by atoms with van der Waals surface area (Å²) >= 11 is 6.10. The molecule has 1 aliphatic rings. The summed E-state index contributed by atoms with van der Waals surface area (Å²) in [6, 6.07) is 4.69. The summed E-state index contributed by atoms with van der Waals surface area (Å²) in [7, 11) is 1.91. The Bertz CT molecular complexity index is 393. The lowest BCUT2D eigenvalue weighted by atomic mass is 9.96. The van der Waals surface area contributed by atoms with Gasteiger partial charge in [0.05, 0.1) is 6.10 Å². The van der Waals surface area contributed by atoms with Crippen molar-refractivity contribution in [2.24, 2.45) is 0 Å². The monoisotopic (exact) mass is 271 g/mol. The molecule has 2 rings (SSSR count). The van der Waals surface area contributed by atoms with E-state index < -0.39 is 0 Å². The average Bonchev–Trinajstić information content (AvgIpc) is 2.41. The first-order valence-electron chi connectivity index (χ1n) is 6.43. The molecule has 0 amide bonds. The maximum Gasteiger partial charge on any atom is 0.123 e. The maximum absolute atomic E-state index is 13.2. The van der Waals surface area contributed by atoms with Crippen molar-refractivity contribution in [3.05, 3.63) is 34.6 Å². The van der Waals surface area contributed by atoms with Gasteiger partial charge in [-0.1, -0.05) is 11.6 Å². The van der Waals surface area contributed by atoms with Crippen LogP contribution in [-0.4, -0.2) is 25.8 Å². The van der Waals surface area contributed by atoms with Gasteiger partial charge < -0.3 is 10.1 Å². The molecular formula is C14H19ClFNO. The summed E-state index contributed by atoms with van der Waals surface area (Å²) in [5, 5.41) is 3.88. The SMILES string of the molecule is CNC(Cc1cc(F)ccc1Cl)C1CCCCO1. The van der Waals surface area contributed by atoms with Crippen molar-refractivity contribution in [1.82, 2.24) is 5.32 Å². The molecule has 0 saturated carbocycles. The Hall–Kier alpha value is -0.640. The minimum atomic E-state index is -0.242. The lowest BCUT2D eigenvalue weighted by Gasteiger charge is -2.30. The van der Waals surface area contributed by atoms with Crippen LogP contribution in [0.1, 0.15) is 24.8 Å². The highest BCUT2D eigenvalue weighted by molar-refractivity contribution is 6.31. The van der Waals surface area contributed by atoms with Crippen LogP contribution in [0, 0.1) is 5.82 Å². The zero-order valence-electron chi connectivity index (χ0n) is 10.6. The quantitative estimate of drug-likeness (QED) is 0.908. The third-order valence-corrected chi connectivity index (χ3v) is 3.85. The van der Waals surface area contributed by atoms with E-state index in [9.17, 15) is 4.39 Å². The minimum absolute atomic E-state index is 0.185. The summed E-state index contributed by atoms with van der Waals surface area (Å²) in [4.78, 5) is 0. The van der Waals surface area contributed by atoms with Crippen molar-refractivity contribution in [1.29, 1.82) is 0 Å². The molecule has 1 aromatic rings. The topological polar surface area (TPSA) is 21.3 Å². The second kappa shape index (κ2) is 6.50. The maximum atomic E-state index is 13.2. The highest BCUT2D eigenvalue weighted by Gasteiger charge is 2.24. The van der Waals surface area contributed by atoms with Crippen LogP contribution in [0.4, 0.5) is 4.39 Å². The standard InChI is InChI=1S/C14H19ClFNO/c1-17-13(14-4-2-3-7-18-14)9-10-8-11(16)5-6-12(10)15/h5-6,8,13-14,17H,2-4,7,9H2,1H3.